The maximum Gasteiger partial charge on any atom is 0.0541 e. The molecule has 2 nitrogen and oxygen atoms in total. The highest BCUT2D eigenvalue weighted by Crippen LogP contribution is 2.40. The number of hydrogen-bond donors (Lipinski definition) is 0. The first-order valence-corrected chi connectivity index (χ1v) is 21.3. The second-order valence-electron chi connectivity index (χ2n) is 16.1. The van der Waals surface area contributed by atoms with E-state index in [4.69, 9.17) is 0 Å². The Morgan fingerprint density at radius 2 is 0.548 bits per heavy atom. The van der Waals surface area contributed by atoms with Crippen LogP contribution in [0.1, 0.15) is 0 Å². The van der Waals surface area contributed by atoms with Gasteiger partial charge in [0.05, 0.1) is 22.1 Å². The average molecular weight is 789 g/mol. The van der Waals surface area contributed by atoms with E-state index in [2.05, 4.69) is 252 Å². The van der Waals surface area contributed by atoms with E-state index in [9.17, 15) is 0 Å². The van der Waals surface area contributed by atoms with Crippen LogP contribution in [0.2, 0.25) is 0 Å². The maximum atomic E-state index is 2.43. The number of aromatic nitrogens is 2. The van der Waals surface area contributed by atoms with Crippen molar-refractivity contribution >= 4 is 43.6 Å². The Morgan fingerprint density at radius 1 is 0.194 bits per heavy atom. The van der Waals surface area contributed by atoms with E-state index in [0.29, 0.717) is 0 Å². The van der Waals surface area contributed by atoms with Crippen molar-refractivity contribution in [2.45, 2.75) is 0 Å². The maximum absolute atomic E-state index is 2.43. The summed E-state index contributed by atoms with van der Waals surface area (Å²) in [5, 5.41) is 4.97. The van der Waals surface area contributed by atoms with Crippen LogP contribution in [0.3, 0.4) is 0 Å². The fourth-order valence-electron chi connectivity index (χ4n) is 9.55. The van der Waals surface area contributed by atoms with Crippen molar-refractivity contribution in [1.29, 1.82) is 0 Å². The molecule has 290 valence electrons. The van der Waals surface area contributed by atoms with Gasteiger partial charge in [0, 0.05) is 32.9 Å². The fourth-order valence-corrected chi connectivity index (χ4v) is 9.55. The van der Waals surface area contributed by atoms with Gasteiger partial charge in [-0.3, -0.25) is 0 Å². The smallest absolute Gasteiger partial charge is 0.0541 e. The molecule has 0 aliphatic heterocycles. The monoisotopic (exact) mass is 788 g/mol. The van der Waals surface area contributed by atoms with Gasteiger partial charge in [-0.2, -0.15) is 0 Å². The van der Waals surface area contributed by atoms with E-state index in [0.717, 1.165) is 11.4 Å². The van der Waals surface area contributed by atoms with Crippen molar-refractivity contribution in [2.24, 2.45) is 0 Å². The molecular weight excluding hydrogens is 749 g/mol. The van der Waals surface area contributed by atoms with Crippen molar-refractivity contribution in [3.63, 3.8) is 0 Å². The zero-order chi connectivity index (χ0) is 41.0. The van der Waals surface area contributed by atoms with E-state index in [-0.39, 0.29) is 0 Å². The molecule has 2 heterocycles. The van der Waals surface area contributed by atoms with Crippen LogP contribution < -0.4 is 0 Å². The third-order valence-electron chi connectivity index (χ3n) is 12.6. The number of nitrogens with zero attached hydrogens (tertiary/aromatic N) is 2. The van der Waals surface area contributed by atoms with Crippen LogP contribution >= 0.6 is 0 Å². The van der Waals surface area contributed by atoms with Crippen molar-refractivity contribution in [2.75, 3.05) is 0 Å². The summed E-state index contributed by atoms with van der Waals surface area (Å²) in [6.45, 7) is 0. The Labute approximate surface area is 360 Å². The fraction of sp³-hybridized carbons (Fsp3) is 0. The van der Waals surface area contributed by atoms with Crippen LogP contribution in [0.5, 0.6) is 0 Å². The second kappa shape index (κ2) is 14.8. The highest BCUT2D eigenvalue weighted by Gasteiger charge is 2.18. The molecule has 0 unspecified atom stereocenters. The molecule has 0 aliphatic rings. The molecule has 0 N–H and O–H groups in total. The van der Waals surface area contributed by atoms with Crippen LogP contribution in [-0.2, 0) is 0 Å². The summed E-state index contributed by atoms with van der Waals surface area (Å²) in [6, 6.07) is 88.3. The highest BCUT2D eigenvalue weighted by molar-refractivity contribution is 6.13. The predicted octanol–water partition coefficient (Wildman–Crippen LogP) is 16.2. The van der Waals surface area contributed by atoms with E-state index < -0.39 is 0 Å². The molecule has 12 aromatic rings. The molecule has 12 rings (SSSR count). The van der Waals surface area contributed by atoms with Crippen LogP contribution in [-0.4, -0.2) is 9.13 Å². The summed E-state index contributed by atoms with van der Waals surface area (Å²) in [6.07, 6.45) is 0. The number of rotatable bonds is 7. The lowest BCUT2D eigenvalue weighted by atomic mass is 9.94. The number of hydrogen-bond acceptors (Lipinski definition) is 0. The van der Waals surface area contributed by atoms with Crippen LogP contribution in [0.25, 0.3) is 111 Å². The topological polar surface area (TPSA) is 9.86 Å². The predicted molar refractivity (Wildman–Crippen MR) is 262 cm³/mol. The quantitative estimate of drug-likeness (QED) is 0.152. The van der Waals surface area contributed by atoms with E-state index in [1.54, 1.807) is 0 Å². The zero-order valence-electron chi connectivity index (χ0n) is 34.0. The lowest BCUT2D eigenvalue weighted by Crippen LogP contribution is -1.96. The van der Waals surface area contributed by atoms with Crippen LogP contribution in [0.15, 0.2) is 243 Å². The first kappa shape index (κ1) is 35.7. The summed E-state index contributed by atoms with van der Waals surface area (Å²) < 4.78 is 4.83. The normalized spacial score (nSPS) is 11.5. The van der Waals surface area contributed by atoms with Crippen LogP contribution in [0, 0.1) is 0 Å². The van der Waals surface area contributed by atoms with Crippen molar-refractivity contribution in [1.82, 2.24) is 9.13 Å². The average Bonchev–Trinajstić information content (AvgIpc) is 3.87. The Morgan fingerprint density at radius 3 is 1.06 bits per heavy atom. The van der Waals surface area contributed by atoms with Gasteiger partial charge >= 0.3 is 0 Å². The Kier molecular flexibility index (Phi) is 8.53. The van der Waals surface area contributed by atoms with Gasteiger partial charge in [0.2, 0.25) is 0 Å². The van der Waals surface area contributed by atoms with Gasteiger partial charge < -0.3 is 9.13 Å². The van der Waals surface area contributed by atoms with Crippen molar-refractivity contribution in [3.05, 3.63) is 243 Å². The van der Waals surface area contributed by atoms with Gasteiger partial charge in [-0.15, -0.1) is 0 Å². The number of benzene rings is 10. The molecule has 0 radical (unpaired) electrons. The summed E-state index contributed by atoms with van der Waals surface area (Å²) >= 11 is 0. The highest BCUT2D eigenvalue weighted by atomic mass is 15.0. The molecule has 10 aromatic carbocycles. The Balaban J connectivity index is 0.935. The van der Waals surface area contributed by atoms with Gasteiger partial charge in [0.15, 0.2) is 0 Å². The first-order chi connectivity index (χ1) is 30.7. The largest absolute Gasteiger partial charge is 0.309 e. The Hall–Kier alpha value is -8.20. The minimum atomic E-state index is 1.14. The third kappa shape index (κ3) is 6.04. The molecule has 0 atom stereocenters. The van der Waals surface area contributed by atoms with Gasteiger partial charge in [0.25, 0.3) is 0 Å². The zero-order valence-corrected chi connectivity index (χ0v) is 34.0. The molecule has 0 saturated heterocycles. The van der Waals surface area contributed by atoms with Gasteiger partial charge in [0.1, 0.15) is 0 Å². The third-order valence-corrected chi connectivity index (χ3v) is 12.6. The molecular formula is C60H40N2. The summed E-state index contributed by atoms with van der Waals surface area (Å²) in [5.74, 6) is 0. The van der Waals surface area contributed by atoms with Gasteiger partial charge in [-0.05, 0) is 116 Å². The number of para-hydroxylation sites is 2. The van der Waals surface area contributed by atoms with E-state index >= 15 is 0 Å². The lowest BCUT2D eigenvalue weighted by molar-refractivity contribution is 1.18. The van der Waals surface area contributed by atoms with Crippen molar-refractivity contribution < 1.29 is 0 Å². The SMILES string of the molecule is c1ccc(-c2ccc(-c3ccc(-n4c5ccccc5c5cc(-c6ccc7c(c6)c6ccccc6n7-c6ccc(-c7ccccc7)c(-c7ccccc7)c6)ccc54)cc3)cc2)cc1. The molecule has 0 aliphatic carbocycles. The molecule has 0 spiro atoms. The molecule has 2 aromatic heterocycles. The standard InChI is InChI=1S/C60H40N2/c1-4-14-41(15-5-1)42-24-26-43(27-25-42)44-28-32-49(33-29-44)61-57-22-12-10-20-52(57)55-38-47(30-36-59(55)61)48-31-37-60-56(39-48)53-21-11-13-23-58(53)62(60)50-34-35-51(45-16-6-2-7-17-45)54(40-50)46-18-8-3-9-19-46/h1-40H. The van der Waals surface area contributed by atoms with Gasteiger partial charge in [-0.1, -0.05) is 182 Å². The lowest BCUT2D eigenvalue weighted by Gasteiger charge is -2.15. The summed E-state index contributed by atoms with van der Waals surface area (Å²) in [5.41, 5.74) is 19.2. The van der Waals surface area contributed by atoms with E-state index in [1.807, 2.05) is 0 Å². The van der Waals surface area contributed by atoms with Gasteiger partial charge in [-0.25, -0.2) is 0 Å². The minimum absolute atomic E-state index is 1.14. The molecule has 2 heteroatoms. The van der Waals surface area contributed by atoms with Crippen molar-refractivity contribution in [3.8, 4) is 67.0 Å². The molecule has 62 heavy (non-hydrogen) atoms. The first-order valence-electron chi connectivity index (χ1n) is 21.3. The number of fused-ring (bicyclic) bond motifs is 6. The summed E-state index contributed by atoms with van der Waals surface area (Å²) in [4.78, 5) is 0. The summed E-state index contributed by atoms with van der Waals surface area (Å²) in [7, 11) is 0. The Bertz CT molecular complexity index is 3580. The van der Waals surface area contributed by atoms with E-state index in [1.165, 1.54) is 99.2 Å². The molecule has 0 saturated carbocycles. The molecule has 0 amide bonds. The molecule has 0 bridgehead atoms. The van der Waals surface area contributed by atoms with Crippen LogP contribution in [0.4, 0.5) is 0 Å². The second-order valence-corrected chi connectivity index (χ2v) is 16.1. The minimum Gasteiger partial charge on any atom is -0.309 e. The molecule has 0 fully saturated rings.